The summed E-state index contributed by atoms with van der Waals surface area (Å²) in [6.45, 7) is 9.35. The molecule has 10 heteroatoms. The Morgan fingerprint density at radius 1 is 0.552 bits per heavy atom. The number of hydrogen-bond acceptors (Lipinski definition) is 10. The molecule has 0 aliphatic carbocycles. The van der Waals surface area contributed by atoms with Crippen molar-refractivity contribution >= 4 is 23.9 Å². The fourth-order valence-corrected chi connectivity index (χ4v) is 7.71. The lowest BCUT2D eigenvalue weighted by molar-refractivity contribution is -0.151. The minimum absolute atomic E-state index is 0.0604. The standard InChI is InChI=1S/C48H90N2O8/c1-6-9-12-15-16-17-18-21-29-38-55-45(51)33-27-23-28-36-50-41-43(58-47(53)35-37-49(4)5)40-44(50)48(54)56-39-30-22-19-20-26-34-46(52)57-42(31-24-13-10-7-2)32-25-14-11-8-3/h42-44H,6-41H2,1-5H3/t43?,44-/m0/s1. The van der Waals surface area contributed by atoms with Crippen LogP contribution in [0.2, 0.25) is 0 Å². The van der Waals surface area contributed by atoms with Gasteiger partial charge in [0.05, 0.1) is 19.6 Å². The first kappa shape index (κ1) is 53.8. The lowest BCUT2D eigenvalue weighted by atomic mass is 10.0. The van der Waals surface area contributed by atoms with E-state index in [4.69, 9.17) is 18.9 Å². The minimum atomic E-state index is -0.443. The quantitative estimate of drug-likeness (QED) is 0.0336. The topological polar surface area (TPSA) is 112 Å². The number of carbonyl (C=O) groups excluding carboxylic acids is 4. The monoisotopic (exact) mass is 823 g/mol. The van der Waals surface area contributed by atoms with Crippen LogP contribution in [0, 0.1) is 0 Å². The summed E-state index contributed by atoms with van der Waals surface area (Å²) in [5, 5.41) is 0. The molecule has 0 aromatic rings. The van der Waals surface area contributed by atoms with Gasteiger partial charge in [0.15, 0.2) is 0 Å². The summed E-state index contributed by atoms with van der Waals surface area (Å²) < 4.78 is 22.9. The van der Waals surface area contributed by atoms with Crippen LogP contribution in [-0.2, 0) is 38.1 Å². The predicted octanol–water partition coefficient (Wildman–Crippen LogP) is 11.3. The molecule has 1 fully saturated rings. The molecule has 0 aromatic carbocycles. The van der Waals surface area contributed by atoms with Crippen molar-refractivity contribution in [2.45, 2.75) is 238 Å². The molecule has 1 rings (SSSR count). The zero-order valence-electron chi connectivity index (χ0n) is 38.3. The molecule has 1 unspecified atom stereocenters. The van der Waals surface area contributed by atoms with Crippen LogP contribution in [0.5, 0.6) is 0 Å². The van der Waals surface area contributed by atoms with E-state index >= 15 is 0 Å². The summed E-state index contributed by atoms with van der Waals surface area (Å²) >= 11 is 0. The van der Waals surface area contributed by atoms with Crippen molar-refractivity contribution < 1.29 is 38.1 Å². The van der Waals surface area contributed by atoms with Crippen molar-refractivity contribution in [2.24, 2.45) is 0 Å². The maximum absolute atomic E-state index is 13.3. The third-order valence-corrected chi connectivity index (χ3v) is 11.4. The van der Waals surface area contributed by atoms with E-state index in [1.54, 1.807) is 0 Å². The molecule has 58 heavy (non-hydrogen) atoms. The number of carbonyl (C=O) groups is 4. The normalized spacial score (nSPS) is 15.6. The first-order chi connectivity index (χ1) is 28.2. The average Bonchev–Trinajstić information content (AvgIpc) is 3.60. The highest BCUT2D eigenvalue weighted by atomic mass is 16.6. The summed E-state index contributed by atoms with van der Waals surface area (Å²) in [7, 11) is 3.85. The maximum Gasteiger partial charge on any atom is 0.323 e. The first-order valence-corrected chi connectivity index (χ1v) is 24.3. The molecule has 0 saturated carbocycles. The van der Waals surface area contributed by atoms with Gasteiger partial charge in [-0.15, -0.1) is 0 Å². The number of nitrogens with zero attached hydrogens (tertiary/aromatic N) is 2. The van der Waals surface area contributed by atoms with E-state index in [1.165, 1.54) is 83.5 Å². The van der Waals surface area contributed by atoms with Gasteiger partial charge in [-0.05, 0) is 78.4 Å². The Bertz CT molecular complexity index is 1010. The van der Waals surface area contributed by atoms with Crippen molar-refractivity contribution in [3.05, 3.63) is 0 Å². The summed E-state index contributed by atoms with van der Waals surface area (Å²) in [6, 6.07) is -0.443. The fraction of sp³-hybridized carbons (Fsp3) is 0.917. The number of unbranched alkanes of at least 4 members (excludes halogenated alkanes) is 20. The second kappa shape index (κ2) is 37.8. The number of rotatable bonds is 40. The second-order valence-corrected chi connectivity index (χ2v) is 17.3. The van der Waals surface area contributed by atoms with Gasteiger partial charge in [-0.2, -0.15) is 0 Å². The van der Waals surface area contributed by atoms with Crippen LogP contribution < -0.4 is 0 Å². The van der Waals surface area contributed by atoms with Crippen LogP contribution in [0.4, 0.5) is 0 Å². The van der Waals surface area contributed by atoms with E-state index in [9.17, 15) is 19.2 Å². The smallest absolute Gasteiger partial charge is 0.323 e. The Hall–Kier alpha value is -2.20. The molecule has 0 bridgehead atoms. The SMILES string of the molecule is CCCCCCCCCCCOC(=O)CCCCCN1CC(OC(=O)CCN(C)C)C[C@H]1C(=O)OCCCCCCCC(=O)OC(CCCCCC)CCCCCC. The van der Waals surface area contributed by atoms with Gasteiger partial charge in [-0.3, -0.25) is 24.1 Å². The number of esters is 4. The summed E-state index contributed by atoms with van der Waals surface area (Å²) in [5.41, 5.74) is 0. The Labute approximate surface area is 356 Å². The second-order valence-electron chi connectivity index (χ2n) is 17.3. The molecule has 0 spiro atoms. The van der Waals surface area contributed by atoms with Gasteiger partial charge < -0.3 is 23.8 Å². The predicted molar refractivity (Wildman–Crippen MR) is 236 cm³/mol. The van der Waals surface area contributed by atoms with Crippen LogP contribution in [0.15, 0.2) is 0 Å². The van der Waals surface area contributed by atoms with E-state index in [-0.39, 0.29) is 36.1 Å². The van der Waals surface area contributed by atoms with Gasteiger partial charge in [0, 0.05) is 32.4 Å². The van der Waals surface area contributed by atoms with Crippen LogP contribution in [-0.4, -0.2) is 98.9 Å². The maximum atomic E-state index is 13.3. The molecule has 2 atom stereocenters. The van der Waals surface area contributed by atoms with Gasteiger partial charge in [0.2, 0.25) is 0 Å². The third kappa shape index (κ3) is 30.8. The summed E-state index contributed by atoms with van der Waals surface area (Å²) in [6.07, 6.45) is 31.0. The number of ether oxygens (including phenoxy) is 4. The van der Waals surface area contributed by atoms with Crippen LogP contribution in [0.1, 0.15) is 220 Å². The van der Waals surface area contributed by atoms with Crippen LogP contribution >= 0.6 is 0 Å². The Kier molecular flexibility index (Phi) is 35.1. The van der Waals surface area contributed by atoms with Gasteiger partial charge in [-0.1, -0.05) is 136 Å². The molecule has 10 nitrogen and oxygen atoms in total. The molecular weight excluding hydrogens is 733 g/mol. The molecule has 0 radical (unpaired) electrons. The van der Waals surface area contributed by atoms with E-state index in [0.29, 0.717) is 58.5 Å². The van der Waals surface area contributed by atoms with Crippen LogP contribution in [0.25, 0.3) is 0 Å². The highest BCUT2D eigenvalue weighted by Gasteiger charge is 2.39. The molecule has 1 heterocycles. The molecule has 1 saturated heterocycles. The zero-order chi connectivity index (χ0) is 42.5. The van der Waals surface area contributed by atoms with Crippen LogP contribution in [0.3, 0.4) is 0 Å². The average molecular weight is 823 g/mol. The van der Waals surface area contributed by atoms with E-state index in [2.05, 4.69) is 25.7 Å². The zero-order valence-corrected chi connectivity index (χ0v) is 38.3. The van der Waals surface area contributed by atoms with Crippen molar-refractivity contribution in [3.8, 4) is 0 Å². The first-order valence-electron chi connectivity index (χ1n) is 24.3. The third-order valence-electron chi connectivity index (χ3n) is 11.4. The summed E-state index contributed by atoms with van der Waals surface area (Å²) in [5.74, 6) is -0.686. The van der Waals surface area contributed by atoms with Crippen molar-refractivity contribution in [1.29, 1.82) is 0 Å². The van der Waals surface area contributed by atoms with Gasteiger partial charge >= 0.3 is 23.9 Å². The molecular formula is C48H90N2O8. The molecule has 340 valence electrons. The molecule has 0 aromatic heterocycles. The fourth-order valence-electron chi connectivity index (χ4n) is 7.71. The summed E-state index contributed by atoms with van der Waals surface area (Å²) in [4.78, 5) is 54.7. The number of hydrogen-bond donors (Lipinski definition) is 0. The van der Waals surface area contributed by atoms with Crippen molar-refractivity contribution in [2.75, 3.05) is 46.9 Å². The largest absolute Gasteiger partial charge is 0.466 e. The van der Waals surface area contributed by atoms with E-state index in [1.807, 2.05) is 19.0 Å². The van der Waals surface area contributed by atoms with Crippen molar-refractivity contribution in [1.82, 2.24) is 9.80 Å². The Morgan fingerprint density at radius 3 is 1.60 bits per heavy atom. The highest BCUT2D eigenvalue weighted by Crippen LogP contribution is 2.24. The van der Waals surface area contributed by atoms with E-state index in [0.717, 1.165) is 89.9 Å². The van der Waals surface area contributed by atoms with Crippen molar-refractivity contribution in [3.63, 3.8) is 0 Å². The Morgan fingerprint density at radius 2 is 1.03 bits per heavy atom. The Balaban J connectivity index is 2.36. The van der Waals surface area contributed by atoms with E-state index < -0.39 is 6.04 Å². The lowest BCUT2D eigenvalue weighted by Gasteiger charge is -2.22. The van der Waals surface area contributed by atoms with Gasteiger partial charge in [0.1, 0.15) is 18.2 Å². The molecule has 0 N–H and O–H groups in total. The van der Waals surface area contributed by atoms with Gasteiger partial charge in [-0.25, -0.2) is 0 Å². The molecule has 1 aliphatic heterocycles. The highest BCUT2D eigenvalue weighted by molar-refractivity contribution is 5.76. The lowest BCUT2D eigenvalue weighted by Crippen LogP contribution is -2.38. The molecule has 0 amide bonds. The molecule has 1 aliphatic rings. The number of likely N-dealkylation sites (tertiary alicyclic amines) is 1. The minimum Gasteiger partial charge on any atom is -0.466 e. The van der Waals surface area contributed by atoms with Gasteiger partial charge in [0.25, 0.3) is 0 Å².